The SMILES string of the molecule is CC=C(C)NOCCC. The first-order valence-electron chi connectivity index (χ1n) is 3.32. The molecular formula is C7H15NO. The van der Waals surface area contributed by atoms with E-state index in [1.807, 2.05) is 19.9 Å². The van der Waals surface area contributed by atoms with Crippen molar-refractivity contribution in [1.82, 2.24) is 5.48 Å². The molecule has 0 saturated heterocycles. The Hall–Kier alpha value is -0.500. The summed E-state index contributed by atoms with van der Waals surface area (Å²) in [5, 5.41) is 0. The summed E-state index contributed by atoms with van der Waals surface area (Å²) in [5.74, 6) is 0. The fourth-order valence-corrected chi connectivity index (χ4v) is 0.326. The van der Waals surface area contributed by atoms with Crippen molar-refractivity contribution >= 4 is 0 Å². The predicted molar refractivity (Wildman–Crippen MR) is 38.8 cm³/mol. The van der Waals surface area contributed by atoms with Gasteiger partial charge in [0.2, 0.25) is 0 Å². The molecule has 0 radical (unpaired) electrons. The van der Waals surface area contributed by atoms with Crippen molar-refractivity contribution in [2.45, 2.75) is 27.2 Å². The van der Waals surface area contributed by atoms with E-state index in [1.54, 1.807) is 0 Å². The number of nitrogens with one attached hydrogen (secondary N) is 1. The number of rotatable bonds is 4. The Morgan fingerprint density at radius 3 is 2.78 bits per heavy atom. The van der Waals surface area contributed by atoms with Gasteiger partial charge in [-0.25, -0.2) is 0 Å². The smallest absolute Gasteiger partial charge is 0.0743 e. The fourth-order valence-electron chi connectivity index (χ4n) is 0.326. The Morgan fingerprint density at radius 2 is 2.33 bits per heavy atom. The molecule has 0 aromatic rings. The Morgan fingerprint density at radius 1 is 1.67 bits per heavy atom. The van der Waals surface area contributed by atoms with Crippen LogP contribution < -0.4 is 5.48 Å². The third kappa shape index (κ3) is 5.37. The lowest BCUT2D eigenvalue weighted by Gasteiger charge is -2.03. The van der Waals surface area contributed by atoms with Gasteiger partial charge < -0.3 is 0 Å². The minimum absolute atomic E-state index is 0.769. The van der Waals surface area contributed by atoms with Crippen LogP contribution in [0.15, 0.2) is 11.8 Å². The van der Waals surface area contributed by atoms with Crippen LogP contribution in [-0.4, -0.2) is 6.61 Å². The molecule has 0 aromatic carbocycles. The molecule has 0 aliphatic rings. The first kappa shape index (κ1) is 8.50. The zero-order valence-corrected chi connectivity index (χ0v) is 6.40. The Balaban J connectivity index is 3.07. The van der Waals surface area contributed by atoms with Gasteiger partial charge in [0, 0.05) is 5.70 Å². The maximum atomic E-state index is 5.02. The molecule has 2 heteroatoms. The maximum absolute atomic E-state index is 5.02. The van der Waals surface area contributed by atoms with Gasteiger partial charge in [0.25, 0.3) is 0 Å². The van der Waals surface area contributed by atoms with Gasteiger partial charge in [-0.15, -0.1) is 0 Å². The van der Waals surface area contributed by atoms with Gasteiger partial charge in [-0.3, -0.25) is 10.3 Å². The van der Waals surface area contributed by atoms with Gasteiger partial charge in [-0.05, 0) is 20.3 Å². The lowest BCUT2D eigenvalue weighted by atomic mass is 10.5. The molecule has 0 spiro atoms. The molecule has 0 fully saturated rings. The lowest BCUT2D eigenvalue weighted by Crippen LogP contribution is -2.11. The van der Waals surface area contributed by atoms with Crippen LogP contribution in [0.5, 0.6) is 0 Å². The van der Waals surface area contributed by atoms with E-state index in [0.29, 0.717) is 0 Å². The molecule has 0 bridgehead atoms. The molecule has 0 aromatic heterocycles. The van der Waals surface area contributed by atoms with E-state index in [2.05, 4.69) is 12.4 Å². The molecular weight excluding hydrogens is 114 g/mol. The van der Waals surface area contributed by atoms with Crippen LogP contribution in [0.25, 0.3) is 0 Å². The lowest BCUT2D eigenvalue weighted by molar-refractivity contribution is 0.0633. The molecule has 0 heterocycles. The summed E-state index contributed by atoms with van der Waals surface area (Å²) in [7, 11) is 0. The second kappa shape index (κ2) is 5.63. The summed E-state index contributed by atoms with van der Waals surface area (Å²) >= 11 is 0. The Kier molecular flexibility index (Phi) is 5.32. The standard InChI is InChI=1S/C7H15NO/c1-4-6-9-8-7(3)5-2/h5,8H,4,6H2,1-3H3. The largest absolute Gasteiger partial charge is 0.276 e. The van der Waals surface area contributed by atoms with E-state index in [9.17, 15) is 0 Å². The van der Waals surface area contributed by atoms with Crippen molar-refractivity contribution in [3.63, 3.8) is 0 Å². The normalized spacial score (nSPS) is 11.7. The number of hydrogen-bond acceptors (Lipinski definition) is 2. The topological polar surface area (TPSA) is 21.3 Å². The van der Waals surface area contributed by atoms with Crippen molar-refractivity contribution in [3.05, 3.63) is 11.8 Å². The molecule has 54 valence electrons. The average Bonchev–Trinajstić information content (AvgIpc) is 1.89. The number of hydrogen-bond donors (Lipinski definition) is 1. The van der Waals surface area contributed by atoms with Crippen molar-refractivity contribution in [3.8, 4) is 0 Å². The van der Waals surface area contributed by atoms with E-state index in [0.717, 1.165) is 18.7 Å². The Labute approximate surface area is 56.9 Å². The van der Waals surface area contributed by atoms with Crippen molar-refractivity contribution < 1.29 is 4.84 Å². The van der Waals surface area contributed by atoms with Crippen LogP contribution in [-0.2, 0) is 4.84 Å². The van der Waals surface area contributed by atoms with Crippen molar-refractivity contribution in [2.24, 2.45) is 0 Å². The first-order valence-corrected chi connectivity index (χ1v) is 3.32. The van der Waals surface area contributed by atoms with Gasteiger partial charge in [-0.1, -0.05) is 13.0 Å². The van der Waals surface area contributed by atoms with Crippen LogP contribution in [0.2, 0.25) is 0 Å². The molecule has 0 atom stereocenters. The highest BCUT2D eigenvalue weighted by atomic mass is 16.6. The molecule has 0 rings (SSSR count). The molecule has 2 nitrogen and oxygen atoms in total. The third-order valence-electron chi connectivity index (χ3n) is 0.972. The molecule has 0 aliphatic heterocycles. The zero-order valence-electron chi connectivity index (χ0n) is 6.40. The van der Waals surface area contributed by atoms with E-state index >= 15 is 0 Å². The summed E-state index contributed by atoms with van der Waals surface area (Å²) in [6.07, 6.45) is 3.01. The second-order valence-corrected chi connectivity index (χ2v) is 1.92. The molecule has 0 unspecified atom stereocenters. The summed E-state index contributed by atoms with van der Waals surface area (Å²) in [6, 6.07) is 0. The van der Waals surface area contributed by atoms with Crippen LogP contribution in [0.1, 0.15) is 27.2 Å². The number of hydroxylamine groups is 1. The van der Waals surface area contributed by atoms with Crippen LogP contribution >= 0.6 is 0 Å². The van der Waals surface area contributed by atoms with E-state index in [-0.39, 0.29) is 0 Å². The highest BCUT2D eigenvalue weighted by Crippen LogP contribution is 1.84. The highest BCUT2D eigenvalue weighted by Gasteiger charge is 1.82. The minimum atomic E-state index is 0.769. The van der Waals surface area contributed by atoms with Crippen molar-refractivity contribution in [2.75, 3.05) is 6.61 Å². The average molecular weight is 129 g/mol. The Bertz CT molecular complexity index is 88.9. The quantitative estimate of drug-likeness (QED) is 0.462. The third-order valence-corrected chi connectivity index (χ3v) is 0.972. The van der Waals surface area contributed by atoms with Gasteiger partial charge >= 0.3 is 0 Å². The molecule has 9 heavy (non-hydrogen) atoms. The highest BCUT2D eigenvalue weighted by molar-refractivity contribution is 4.88. The molecule has 0 amide bonds. The van der Waals surface area contributed by atoms with Gasteiger partial charge in [0.15, 0.2) is 0 Å². The van der Waals surface area contributed by atoms with E-state index < -0.39 is 0 Å². The predicted octanol–water partition coefficient (Wildman–Crippen LogP) is 1.84. The second-order valence-electron chi connectivity index (χ2n) is 1.92. The zero-order chi connectivity index (χ0) is 7.11. The molecule has 0 aliphatic carbocycles. The summed E-state index contributed by atoms with van der Waals surface area (Å²) in [5.41, 5.74) is 3.85. The summed E-state index contributed by atoms with van der Waals surface area (Å²) in [6.45, 7) is 6.78. The first-order chi connectivity index (χ1) is 4.31. The van der Waals surface area contributed by atoms with Gasteiger partial charge in [0.1, 0.15) is 0 Å². The minimum Gasteiger partial charge on any atom is -0.276 e. The molecule has 1 N–H and O–H groups in total. The van der Waals surface area contributed by atoms with Gasteiger partial charge in [0.05, 0.1) is 6.61 Å². The molecule has 0 saturated carbocycles. The summed E-state index contributed by atoms with van der Waals surface area (Å²) < 4.78 is 0. The fraction of sp³-hybridized carbons (Fsp3) is 0.714. The number of allylic oxidation sites excluding steroid dienone is 2. The van der Waals surface area contributed by atoms with Crippen LogP contribution in [0.3, 0.4) is 0 Å². The van der Waals surface area contributed by atoms with Crippen molar-refractivity contribution in [1.29, 1.82) is 0 Å². The summed E-state index contributed by atoms with van der Waals surface area (Å²) in [4.78, 5) is 5.02. The van der Waals surface area contributed by atoms with E-state index in [4.69, 9.17) is 4.84 Å². The maximum Gasteiger partial charge on any atom is 0.0743 e. The monoisotopic (exact) mass is 129 g/mol. The van der Waals surface area contributed by atoms with Crippen LogP contribution in [0.4, 0.5) is 0 Å². The van der Waals surface area contributed by atoms with E-state index in [1.165, 1.54) is 0 Å². The van der Waals surface area contributed by atoms with Crippen LogP contribution in [0, 0.1) is 0 Å². The van der Waals surface area contributed by atoms with Gasteiger partial charge in [-0.2, -0.15) is 0 Å².